The van der Waals surface area contributed by atoms with Gasteiger partial charge < -0.3 is 18.8 Å². The largest absolute Gasteiger partial charge is 0.454 e. The Bertz CT molecular complexity index is 1110. The van der Waals surface area contributed by atoms with Crippen molar-refractivity contribution >= 4 is 15.9 Å². The third kappa shape index (κ3) is 4.18. The summed E-state index contributed by atoms with van der Waals surface area (Å²) in [6.07, 6.45) is 4.07. The molecule has 1 aromatic heterocycles. The SMILES string of the molecule is CS(=O)(=O)N1CCC(C(=O)N2CCCC(c3nnc(-c4ccc5c(c4)OCO5)o3)C2)CC1. The molecule has 3 aliphatic rings. The number of nitrogens with zero attached hydrogens (tertiary/aromatic N) is 4. The van der Waals surface area contributed by atoms with E-state index in [-0.39, 0.29) is 24.5 Å². The Labute approximate surface area is 186 Å². The lowest BCUT2D eigenvalue weighted by atomic mass is 9.93. The maximum Gasteiger partial charge on any atom is 0.247 e. The fourth-order valence-corrected chi connectivity index (χ4v) is 5.49. The molecule has 1 aromatic carbocycles. The minimum atomic E-state index is -3.20. The second kappa shape index (κ2) is 8.36. The van der Waals surface area contributed by atoms with E-state index in [4.69, 9.17) is 13.9 Å². The summed E-state index contributed by atoms with van der Waals surface area (Å²) in [5.41, 5.74) is 0.759. The van der Waals surface area contributed by atoms with Crippen LogP contribution >= 0.6 is 0 Å². The molecular formula is C21H26N4O6S. The second-order valence-electron chi connectivity index (χ2n) is 8.57. The molecule has 11 heteroatoms. The van der Waals surface area contributed by atoms with E-state index in [0.29, 0.717) is 62.3 Å². The van der Waals surface area contributed by atoms with Crippen molar-refractivity contribution in [2.24, 2.45) is 5.92 Å². The second-order valence-corrected chi connectivity index (χ2v) is 10.6. The highest BCUT2D eigenvalue weighted by Gasteiger charge is 2.35. The Hall–Kier alpha value is -2.66. The summed E-state index contributed by atoms with van der Waals surface area (Å²) in [7, 11) is -3.20. The van der Waals surface area contributed by atoms with Crippen LogP contribution in [0.5, 0.6) is 11.5 Å². The van der Waals surface area contributed by atoms with Crippen molar-refractivity contribution < 1.29 is 27.1 Å². The molecule has 1 atom stereocenters. The van der Waals surface area contributed by atoms with Crippen LogP contribution in [0.3, 0.4) is 0 Å². The van der Waals surface area contributed by atoms with E-state index in [9.17, 15) is 13.2 Å². The summed E-state index contributed by atoms with van der Waals surface area (Å²) < 4.78 is 41.6. The van der Waals surface area contributed by atoms with E-state index in [1.54, 1.807) is 0 Å². The van der Waals surface area contributed by atoms with E-state index in [2.05, 4.69) is 10.2 Å². The van der Waals surface area contributed by atoms with E-state index in [0.717, 1.165) is 18.4 Å². The summed E-state index contributed by atoms with van der Waals surface area (Å²) >= 11 is 0. The average Bonchev–Trinajstić information content (AvgIpc) is 3.47. The predicted molar refractivity (Wildman–Crippen MR) is 114 cm³/mol. The van der Waals surface area contributed by atoms with Gasteiger partial charge in [0, 0.05) is 37.7 Å². The minimum Gasteiger partial charge on any atom is -0.454 e. The molecular weight excluding hydrogens is 436 g/mol. The van der Waals surface area contributed by atoms with Crippen molar-refractivity contribution in [3.8, 4) is 23.0 Å². The molecule has 10 nitrogen and oxygen atoms in total. The Morgan fingerprint density at radius 3 is 2.62 bits per heavy atom. The van der Waals surface area contributed by atoms with Crippen molar-refractivity contribution in [2.45, 2.75) is 31.6 Å². The number of carbonyl (C=O) groups is 1. The Morgan fingerprint density at radius 1 is 1.06 bits per heavy atom. The van der Waals surface area contributed by atoms with Gasteiger partial charge in [0.2, 0.25) is 34.5 Å². The molecule has 2 fully saturated rings. The highest BCUT2D eigenvalue weighted by molar-refractivity contribution is 7.88. The lowest BCUT2D eigenvalue weighted by molar-refractivity contribution is -0.138. The number of benzene rings is 1. The zero-order valence-corrected chi connectivity index (χ0v) is 18.7. The number of sulfonamides is 1. The highest BCUT2D eigenvalue weighted by Crippen LogP contribution is 2.36. The van der Waals surface area contributed by atoms with Gasteiger partial charge in [0.1, 0.15) is 0 Å². The highest BCUT2D eigenvalue weighted by atomic mass is 32.2. The molecule has 0 N–H and O–H groups in total. The maximum absolute atomic E-state index is 13.1. The molecule has 1 amide bonds. The lowest BCUT2D eigenvalue weighted by Crippen LogP contribution is -2.46. The number of fused-ring (bicyclic) bond motifs is 1. The van der Waals surface area contributed by atoms with Gasteiger partial charge in [0.05, 0.1) is 12.2 Å². The van der Waals surface area contributed by atoms with Gasteiger partial charge in [-0.15, -0.1) is 10.2 Å². The lowest BCUT2D eigenvalue weighted by Gasteiger charge is -2.36. The fraction of sp³-hybridized carbons (Fsp3) is 0.571. The first-order valence-corrected chi connectivity index (χ1v) is 12.7. The van der Waals surface area contributed by atoms with Gasteiger partial charge in [0.25, 0.3) is 0 Å². The Morgan fingerprint density at radius 2 is 1.84 bits per heavy atom. The van der Waals surface area contributed by atoms with Crippen molar-refractivity contribution in [3.63, 3.8) is 0 Å². The topological polar surface area (TPSA) is 115 Å². The molecule has 32 heavy (non-hydrogen) atoms. The summed E-state index contributed by atoms with van der Waals surface area (Å²) in [4.78, 5) is 15.0. The first-order valence-electron chi connectivity index (χ1n) is 10.9. The standard InChI is InChI=1S/C21H26N4O6S/c1-32(27,28)25-9-6-14(7-10-25)21(26)24-8-2-3-16(12-24)20-23-22-19(31-20)15-4-5-17-18(11-15)30-13-29-17/h4-5,11,14,16H,2-3,6-10,12-13H2,1H3. The van der Waals surface area contributed by atoms with Gasteiger partial charge in [-0.05, 0) is 43.9 Å². The normalized spacial score (nSPS) is 22.3. The molecule has 0 radical (unpaired) electrons. The van der Waals surface area contributed by atoms with E-state index in [1.165, 1.54) is 10.6 Å². The third-order valence-electron chi connectivity index (χ3n) is 6.41. The van der Waals surface area contributed by atoms with Gasteiger partial charge in [-0.2, -0.15) is 0 Å². The molecule has 4 heterocycles. The minimum absolute atomic E-state index is 0.0148. The molecule has 0 spiro atoms. The van der Waals surface area contributed by atoms with Crippen LogP contribution < -0.4 is 9.47 Å². The molecule has 0 aliphatic carbocycles. The number of ether oxygens (including phenoxy) is 2. The number of piperidine rings is 2. The van der Waals surface area contributed by atoms with Crippen LogP contribution in [0.4, 0.5) is 0 Å². The number of hydrogen-bond donors (Lipinski definition) is 0. The summed E-state index contributed by atoms with van der Waals surface area (Å²) in [6.45, 7) is 2.23. The van der Waals surface area contributed by atoms with Crippen LogP contribution in [0, 0.1) is 5.92 Å². The summed E-state index contributed by atoms with van der Waals surface area (Å²) in [6, 6.07) is 5.49. The number of likely N-dealkylation sites (tertiary alicyclic amines) is 1. The quantitative estimate of drug-likeness (QED) is 0.676. The van der Waals surface area contributed by atoms with Crippen molar-refractivity contribution in [2.75, 3.05) is 39.2 Å². The monoisotopic (exact) mass is 462 g/mol. The Kier molecular flexibility index (Phi) is 5.54. The van der Waals surface area contributed by atoms with E-state index >= 15 is 0 Å². The number of hydrogen-bond acceptors (Lipinski definition) is 8. The van der Waals surface area contributed by atoms with E-state index < -0.39 is 10.0 Å². The molecule has 172 valence electrons. The van der Waals surface area contributed by atoms with Crippen LogP contribution in [0.25, 0.3) is 11.5 Å². The van der Waals surface area contributed by atoms with Gasteiger partial charge in [-0.3, -0.25) is 4.79 Å². The molecule has 0 bridgehead atoms. The predicted octanol–water partition coefficient (Wildman–Crippen LogP) is 1.84. The van der Waals surface area contributed by atoms with Crippen LogP contribution in [0.2, 0.25) is 0 Å². The van der Waals surface area contributed by atoms with Gasteiger partial charge >= 0.3 is 0 Å². The number of amides is 1. The van der Waals surface area contributed by atoms with Crippen LogP contribution in [-0.2, 0) is 14.8 Å². The van der Waals surface area contributed by atoms with Crippen LogP contribution in [0.1, 0.15) is 37.5 Å². The van der Waals surface area contributed by atoms with E-state index in [1.807, 2.05) is 23.1 Å². The summed E-state index contributed by atoms with van der Waals surface area (Å²) in [5, 5.41) is 8.45. The fourth-order valence-electron chi connectivity index (χ4n) is 4.62. The molecule has 0 saturated carbocycles. The average molecular weight is 463 g/mol. The molecule has 2 aromatic rings. The van der Waals surface area contributed by atoms with Crippen molar-refractivity contribution in [1.82, 2.24) is 19.4 Å². The number of aromatic nitrogens is 2. The first-order chi connectivity index (χ1) is 15.4. The Balaban J connectivity index is 1.23. The molecule has 2 saturated heterocycles. The third-order valence-corrected chi connectivity index (χ3v) is 7.72. The van der Waals surface area contributed by atoms with Gasteiger partial charge in [-0.1, -0.05) is 0 Å². The number of rotatable bonds is 4. The van der Waals surface area contributed by atoms with Gasteiger partial charge in [-0.25, -0.2) is 12.7 Å². The smallest absolute Gasteiger partial charge is 0.247 e. The molecule has 3 aliphatic heterocycles. The maximum atomic E-state index is 13.1. The zero-order valence-electron chi connectivity index (χ0n) is 17.9. The molecule has 5 rings (SSSR count). The zero-order chi connectivity index (χ0) is 22.3. The van der Waals surface area contributed by atoms with Crippen LogP contribution in [0.15, 0.2) is 22.6 Å². The summed E-state index contributed by atoms with van der Waals surface area (Å²) in [5.74, 6) is 2.23. The first kappa shape index (κ1) is 21.2. The number of carbonyl (C=O) groups excluding carboxylic acids is 1. The molecule has 1 unspecified atom stereocenters. The van der Waals surface area contributed by atoms with Crippen LogP contribution in [-0.4, -0.2) is 73.0 Å². The van der Waals surface area contributed by atoms with Crippen molar-refractivity contribution in [3.05, 3.63) is 24.1 Å². The van der Waals surface area contributed by atoms with Crippen molar-refractivity contribution in [1.29, 1.82) is 0 Å². The van der Waals surface area contributed by atoms with Gasteiger partial charge in [0.15, 0.2) is 11.5 Å².